The summed E-state index contributed by atoms with van der Waals surface area (Å²) < 4.78 is 0. The van der Waals surface area contributed by atoms with Crippen LogP contribution in [0.3, 0.4) is 0 Å². The first kappa shape index (κ1) is 11.5. The summed E-state index contributed by atoms with van der Waals surface area (Å²) in [5.74, 6) is -0.0499. The zero-order chi connectivity index (χ0) is 13.2. The number of carbonyl (C=O) groups excluding carboxylic acids is 2. The summed E-state index contributed by atoms with van der Waals surface area (Å²) in [6, 6.07) is 11.4. The van der Waals surface area contributed by atoms with E-state index in [1.54, 1.807) is 12.3 Å². The quantitative estimate of drug-likeness (QED) is 0.760. The van der Waals surface area contributed by atoms with Crippen molar-refractivity contribution in [3.63, 3.8) is 0 Å². The van der Waals surface area contributed by atoms with Crippen LogP contribution in [0.25, 0.3) is 11.3 Å². The van der Waals surface area contributed by atoms with Crippen molar-refractivity contribution in [3.05, 3.63) is 42.6 Å². The Morgan fingerprint density at radius 2 is 1.84 bits per heavy atom. The zero-order valence-corrected chi connectivity index (χ0v) is 10.1. The Morgan fingerprint density at radius 3 is 2.53 bits per heavy atom. The Morgan fingerprint density at radius 1 is 1.05 bits per heavy atom. The molecule has 1 aromatic heterocycles. The smallest absolute Gasteiger partial charge is 0.237 e. The largest absolute Gasteiger partial charge is 0.297 e. The van der Waals surface area contributed by atoms with Gasteiger partial charge in [0, 0.05) is 11.8 Å². The van der Waals surface area contributed by atoms with Gasteiger partial charge in [0.25, 0.3) is 0 Å². The molecule has 0 aliphatic carbocycles. The summed E-state index contributed by atoms with van der Waals surface area (Å²) >= 11 is 0. The summed E-state index contributed by atoms with van der Waals surface area (Å²) in [7, 11) is 0. The van der Waals surface area contributed by atoms with E-state index >= 15 is 0 Å². The number of hydrogen-bond acceptors (Lipinski definition) is 4. The van der Waals surface area contributed by atoms with E-state index in [1.165, 1.54) is 4.90 Å². The third kappa shape index (κ3) is 2.22. The molecule has 1 aromatic carbocycles. The molecule has 2 heterocycles. The molecule has 1 amide bonds. The Balaban J connectivity index is 1.97. The standard InChI is InChI=1S/C14H11N3O2/c18-11-8-13(19)17(9-11)14-15-7-6-12(16-14)10-4-2-1-3-5-10/h1-7H,8-9H2. The van der Waals surface area contributed by atoms with E-state index in [0.717, 1.165) is 11.3 Å². The summed E-state index contributed by atoms with van der Waals surface area (Å²) in [6.07, 6.45) is 1.54. The van der Waals surface area contributed by atoms with Gasteiger partial charge in [-0.1, -0.05) is 30.3 Å². The molecule has 0 radical (unpaired) electrons. The molecule has 3 rings (SSSR count). The third-order valence-corrected chi connectivity index (χ3v) is 2.94. The number of hydrogen-bond donors (Lipinski definition) is 0. The molecular weight excluding hydrogens is 242 g/mol. The molecule has 0 spiro atoms. The fourth-order valence-electron chi connectivity index (χ4n) is 2.01. The molecule has 1 aliphatic heterocycles. The maximum absolute atomic E-state index is 11.7. The van der Waals surface area contributed by atoms with Gasteiger partial charge in [0.05, 0.1) is 18.7 Å². The molecule has 1 fully saturated rings. The lowest BCUT2D eigenvalue weighted by Gasteiger charge is -2.12. The van der Waals surface area contributed by atoms with Crippen LogP contribution in [0, 0.1) is 0 Å². The first-order valence-electron chi connectivity index (χ1n) is 5.94. The second-order valence-corrected chi connectivity index (χ2v) is 4.30. The molecule has 1 saturated heterocycles. The van der Waals surface area contributed by atoms with Crippen LogP contribution in [0.15, 0.2) is 42.6 Å². The minimum Gasteiger partial charge on any atom is -0.297 e. The van der Waals surface area contributed by atoms with Crippen molar-refractivity contribution in [2.24, 2.45) is 0 Å². The topological polar surface area (TPSA) is 63.2 Å². The van der Waals surface area contributed by atoms with Gasteiger partial charge in [-0.15, -0.1) is 0 Å². The van der Waals surface area contributed by atoms with Crippen LogP contribution in [0.1, 0.15) is 6.42 Å². The number of benzene rings is 1. The molecule has 94 valence electrons. The normalized spacial score (nSPS) is 15.1. The molecule has 19 heavy (non-hydrogen) atoms. The van der Waals surface area contributed by atoms with Gasteiger partial charge >= 0.3 is 0 Å². The molecule has 5 heteroatoms. The van der Waals surface area contributed by atoms with Crippen LogP contribution in [0.5, 0.6) is 0 Å². The number of carbonyl (C=O) groups is 2. The van der Waals surface area contributed by atoms with E-state index < -0.39 is 0 Å². The Bertz CT molecular complexity index is 640. The second-order valence-electron chi connectivity index (χ2n) is 4.30. The Labute approximate surface area is 109 Å². The Hall–Kier alpha value is -2.56. The number of aromatic nitrogens is 2. The lowest BCUT2D eigenvalue weighted by atomic mass is 10.1. The lowest BCUT2D eigenvalue weighted by Crippen LogP contribution is -2.26. The fraction of sp³-hybridized carbons (Fsp3) is 0.143. The molecule has 0 N–H and O–H groups in total. The highest BCUT2D eigenvalue weighted by molar-refractivity contribution is 6.14. The van der Waals surface area contributed by atoms with Gasteiger partial charge in [-0.2, -0.15) is 0 Å². The monoisotopic (exact) mass is 253 g/mol. The van der Waals surface area contributed by atoms with Gasteiger partial charge in [0.1, 0.15) is 0 Å². The molecule has 2 aromatic rings. The molecular formula is C14H11N3O2. The number of nitrogens with zero attached hydrogens (tertiary/aromatic N) is 3. The first-order valence-corrected chi connectivity index (χ1v) is 5.94. The summed E-state index contributed by atoms with van der Waals surface area (Å²) in [5, 5.41) is 0. The predicted molar refractivity (Wildman–Crippen MR) is 69.4 cm³/mol. The maximum Gasteiger partial charge on any atom is 0.237 e. The fourth-order valence-corrected chi connectivity index (χ4v) is 2.01. The summed E-state index contributed by atoms with van der Waals surface area (Å²) in [6.45, 7) is 0.0665. The third-order valence-electron chi connectivity index (χ3n) is 2.94. The number of amides is 1. The van der Waals surface area contributed by atoms with Crippen molar-refractivity contribution >= 4 is 17.6 Å². The average Bonchev–Trinajstić information content (AvgIpc) is 2.79. The lowest BCUT2D eigenvalue weighted by molar-refractivity contribution is -0.121. The second kappa shape index (κ2) is 4.61. The van der Waals surface area contributed by atoms with Crippen molar-refractivity contribution < 1.29 is 9.59 Å². The molecule has 0 unspecified atom stereocenters. The molecule has 0 bridgehead atoms. The maximum atomic E-state index is 11.7. The minimum atomic E-state index is -0.241. The number of ketones is 1. The van der Waals surface area contributed by atoms with Crippen molar-refractivity contribution in [1.29, 1.82) is 0 Å². The van der Waals surface area contributed by atoms with E-state index in [2.05, 4.69) is 9.97 Å². The minimum absolute atomic E-state index is 0.0566. The SMILES string of the molecule is O=C1CC(=O)N(c2nccc(-c3ccccc3)n2)C1. The molecule has 1 aliphatic rings. The van der Waals surface area contributed by atoms with Crippen LogP contribution in [-0.4, -0.2) is 28.2 Å². The number of anilines is 1. The molecule has 0 atom stereocenters. The van der Waals surface area contributed by atoms with Gasteiger partial charge in [-0.3, -0.25) is 14.5 Å². The van der Waals surface area contributed by atoms with Gasteiger partial charge in [-0.05, 0) is 6.07 Å². The Kier molecular flexibility index (Phi) is 2.79. The van der Waals surface area contributed by atoms with Gasteiger partial charge in [0.2, 0.25) is 11.9 Å². The average molecular weight is 253 g/mol. The van der Waals surface area contributed by atoms with Crippen LogP contribution < -0.4 is 4.90 Å². The zero-order valence-electron chi connectivity index (χ0n) is 10.1. The van der Waals surface area contributed by atoms with Crippen molar-refractivity contribution in [3.8, 4) is 11.3 Å². The number of Topliss-reactive ketones (excluding diaryl/α,β-unsaturated/α-hetero) is 1. The predicted octanol–water partition coefficient (Wildman–Crippen LogP) is 1.45. The first-order chi connectivity index (χ1) is 9.24. The van der Waals surface area contributed by atoms with E-state index in [9.17, 15) is 9.59 Å². The van der Waals surface area contributed by atoms with E-state index in [-0.39, 0.29) is 30.6 Å². The highest BCUT2D eigenvalue weighted by atomic mass is 16.2. The number of rotatable bonds is 2. The summed E-state index contributed by atoms with van der Waals surface area (Å²) in [5.41, 5.74) is 1.68. The van der Waals surface area contributed by atoms with E-state index in [1.807, 2.05) is 30.3 Å². The van der Waals surface area contributed by atoms with Gasteiger partial charge in [-0.25, -0.2) is 9.97 Å². The molecule has 5 nitrogen and oxygen atoms in total. The van der Waals surface area contributed by atoms with E-state index in [0.29, 0.717) is 0 Å². The molecule has 0 saturated carbocycles. The highest BCUT2D eigenvalue weighted by Gasteiger charge is 2.30. The highest BCUT2D eigenvalue weighted by Crippen LogP contribution is 2.20. The van der Waals surface area contributed by atoms with Crippen LogP contribution in [0.2, 0.25) is 0 Å². The van der Waals surface area contributed by atoms with Crippen molar-refractivity contribution in [1.82, 2.24) is 9.97 Å². The van der Waals surface area contributed by atoms with Crippen LogP contribution in [0.4, 0.5) is 5.95 Å². The summed E-state index contributed by atoms with van der Waals surface area (Å²) in [4.78, 5) is 32.7. The van der Waals surface area contributed by atoms with Crippen LogP contribution in [-0.2, 0) is 9.59 Å². The van der Waals surface area contributed by atoms with Crippen LogP contribution >= 0.6 is 0 Å². The van der Waals surface area contributed by atoms with Crippen molar-refractivity contribution in [2.75, 3.05) is 11.4 Å². The van der Waals surface area contributed by atoms with Crippen molar-refractivity contribution in [2.45, 2.75) is 6.42 Å². The van der Waals surface area contributed by atoms with E-state index in [4.69, 9.17) is 0 Å². The van der Waals surface area contributed by atoms with Gasteiger partial charge < -0.3 is 0 Å². The van der Waals surface area contributed by atoms with Gasteiger partial charge in [0.15, 0.2) is 5.78 Å².